The number of unbranched alkanes of at least 4 members (excludes halogenated alkanes) is 1. The third kappa shape index (κ3) is 6.89. The quantitative estimate of drug-likeness (QED) is 0.126. The number of guanidine groups is 1. The number of amides is 3. The summed E-state index contributed by atoms with van der Waals surface area (Å²) < 4.78 is 0. The summed E-state index contributed by atoms with van der Waals surface area (Å²) in [7, 11) is 1.52. The normalized spacial score (nSPS) is 17.5. The molecular weight excluding hydrogens is 516 g/mol. The van der Waals surface area contributed by atoms with Crippen LogP contribution < -0.4 is 27.4 Å². The Balaban J connectivity index is 1.43. The van der Waals surface area contributed by atoms with Crippen molar-refractivity contribution in [3.63, 3.8) is 0 Å². The van der Waals surface area contributed by atoms with Crippen LogP contribution in [0.25, 0.3) is 10.8 Å². The lowest BCUT2D eigenvalue weighted by atomic mass is 10.1. The summed E-state index contributed by atoms with van der Waals surface area (Å²) in [4.78, 5) is 45.1. The molecule has 0 spiro atoms. The Morgan fingerprint density at radius 3 is 2.69 bits per heavy atom. The van der Waals surface area contributed by atoms with Crippen molar-refractivity contribution < 1.29 is 14.4 Å². The van der Waals surface area contributed by atoms with E-state index >= 15 is 0 Å². The maximum Gasteiger partial charge on any atom is 0.271 e. The molecule has 0 aliphatic carbocycles. The van der Waals surface area contributed by atoms with Gasteiger partial charge in [0, 0.05) is 37.1 Å². The molecule has 8 N–H and O–H groups in total. The first-order valence-electron chi connectivity index (χ1n) is 12.9. The van der Waals surface area contributed by atoms with Crippen LogP contribution in [-0.4, -0.2) is 65.8 Å². The third-order valence-corrected chi connectivity index (χ3v) is 7.68. The molecule has 0 bridgehead atoms. The average molecular weight is 551 g/mol. The molecule has 2 heterocycles. The van der Waals surface area contributed by atoms with Crippen molar-refractivity contribution in [1.29, 1.82) is 5.41 Å². The number of aromatic nitrogens is 1. The number of thiazole rings is 1. The second-order valence-electron chi connectivity index (χ2n) is 9.58. The molecule has 0 saturated carbocycles. The number of nitrogens with zero attached hydrogens (tertiary/aromatic N) is 2. The fourth-order valence-electron chi connectivity index (χ4n) is 4.73. The second kappa shape index (κ2) is 12.7. The van der Waals surface area contributed by atoms with E-state index in [9.17, 15) is 14.4 Å². The number of benzene rings is 2. The van der Waals surface area contributed by atoms with E-state index in [4.69, 9.17) is 16.9 Å². The Hall–Kier alpha value is -4.03. The first-order valence-corrected chi connectivity index (χ1v) is 13.8. The maximum atomic E-state index is 13.5. The van der Waals surface area contributed by atoms with Crippen molar-refractivity contribution in [2.75, 3.05) is 20.1 Å². The molecule has 39 heavy (non-hydrogen) atoms. The number of nitrogens with one attached hydrogen (secondary N) is 4. The summed E-state index contributed by atoms with van der Waals surface area (Å²) in [6, 6.07) is 12.2. The molecule has 4 rings (SSSR count). The van der Waals surface area contributed by atoms with Crippen molar-refractivity contribution in [2.45, 2.75) is 43.8 Å². The highest BCUT2D eigenvalue weighted by Crippen LogP contribution is 2.35. The van der Waals surface area contributed by atoms with Crippen LogP contribution in [0.2, 0.25) is 0 Å². The van der Waals surface area contributed by atoms with Crippen molar-refractivity contribution in [3.8, 4) is 0 Å². The van der Waals surface area contributed by atoms with E-state index in [1.165, 1.54) is 18.4 Å². The minimum Gasteiger partial charge on any atom is -0.370 e. The predicted octanol–water partition coefficient (Wildman–Crippen LogP) is 1.71. The Kier molecular flexibility index (Phi) is 9.10. The largest absolute Gasteiger partial charge is 0.370 e. The molecule has 1 aromatic heterocycles. The van der Waals surface area contributed by atoms with E-state index in [1.54, 1.807) is 10.3 Å². The van der Waals surface area contributed by atoms with E-state index in [2.05, 4.69) is 20.9 Å². The molecule has 12 heteroatoms. The lowest BCUT2D eigenvalue weighted by Crippen LogP contribution is -2.45. The molecule has 3 aromatic rings. The molecule has 1 saturated heterocycles. The number of hydrogen-bond acceptors (Lipinski definition) is 7. The number of carbonyl (C=O) groups excluding carboxylic acids is 3. The van der Waals surface area contributed by atoms with Crippen LogP contribution in [0.4, 0.5) is 0 Å². The number of likely N-dealkylation sites (tertiary alicyclic amines) is 1. The van der Waals surface area contributed by atoms with E-state index in [-0.39, 0.29) is 35.6 Å². The van der Waals surface area contributed by atoms with Crippen LogP contribution in [0.3, 0.4) is 0 Å². The topological polar surface area (TPSA) is 179 Å². The number of hydrogen-bond donors (Lipinski definition) is 6. The number of likely N-dealkylation sites (N-methyl/N-ethyl adjacent to an activating group) is 1. The monoisotopic (exact) mass is 550 g/mol. The zero-order chi connectivity index (χ0) is 27.9. The minimum atomic E-state index is -0.726. The van der Waals surface area contributed by atoms with E-state index in [0.29, 0.717) is 49.3 Å². The first kappa shape index (κ1) is 28.0. The van der Waals surface area contributed by atoms with Gasteiger partial charge in [0.15, 0.2) is 5.96 Å². The average Bonchev–Trinajstić information content (AvgIpc) is 3.58. The van der Waals surface area contributed by atoms with E-state index < -0.39 is 11.9 Å². The van der Waals surface area contributed by atoms with Gasteiger partial charge in [-0.3, -0.25) is 19.8 Å². The van der Waals surface area contributed by atoms with Crippen LogP contribution in [-0.2, 0) is 4.79 Å². The maximum absolute atomic E-state index is 13.5. The molecule has 1 aliphatic rings. The molecule has 1 fully saturated rings. The second-order valence-corrected chi connectivity index (χ2v) is 10.5. The molecule has 206 valence electrons. The van der Waals surface area contributed by atoms with Gasteiger partial charge in [-0.05, 0) is 48.6 Å². The first-order chi connectivity index (χ1) is 18.8. The van der Waals surface area contributed by atoms with Gasteiger partial charge >= 0.3 is 0 Å². The lowest BCUT2D eigenvalue weighted by Gasteiger charge is -2.23. The highest BCUT2D eigenvalue weighted by atomic mass is 32.1. The summed E-state index contributed by atoms with van der Waals surface area (Å²) >= 11 is 1.30. The van der Waals surface area contributed by atoms with Crippen LogP contribution in [0.15, 0.2) is 47.8 Å². The summed E-state index contributed by atoms with van der Waals surface area (Å²) in [5.74, 6) is -0.986. The molecule has 0 radical (unpaired) electrons. The van der Waals surface area contributed by atoms with Gasteiger partial charge in [-0.1, -0.05) is 30.3 Å². The van der Waals surface area contributed by atoms with Crippen molar-refractivity contribution in [3.05, 3.63) is 64.1 Å². The van der Waals surface area contributed by atoms with Crippen LogP contribution >= 0.6 is 11.3 Å². The standard InChI is InChI=1S/C27H34N8O3S/c1-31-23(36)20(8-4-5-11-32-27(29)30)33-24(37)21-15-39-25(34-21)22-13-19(28)14-35(22)26(38)18-10-9-16-6-2-3-7-17(16)12-18/h2-3,6-7,9-10,12,15,19-20,22H,4-5,8,11,13-14,28H2,1H3,(H,31,36)(H,33,37)(H4,29,30,32)/t19-,20?,22+/m1/s1. The van der Waals surface area contributed by atoms with Crippen molar-refractivity contribution in [2.24, 2.45) is 11.5 Å². The predicted molar refractivity (Wildman–Crippen MR) is 152 cm³/mol. The fraction of sp³-hybridized carbons (Fsp3) is 0.370. The van der Waals surface area contributed by atoms with Crippen molar-refractivity contribution in [1.82, 2.24) is 25.8 Å². The van der Waals surface area contributed by atoms with Crippen LogP contribution in [0, 0.1) is 5.41 Å². The van der Waals surface area contributed by atoms with Gasteiger partial charge < -0.3 is 32.3 Å². The van der Waals surface area contributed by atoms with Gasteiger partial charge in [0.05, 0.1) is 6.04 Å². The summed E-state index contributed by atoms with van der Waals surface area (Å²) in [5.41, 5.74) is 12.3. The molecule has 11 nitrogen and oxygen atoms in total. The minimum absolute atomic E-state index is 0.105. The molecule has 2 aromatic carbocycles. The van der Waals surface area contributed by atoms with Crippen LogP contribution in [0.1, 0.15) is 57.6 Å². The molecule has 3 atom stereocenters. The van der Waals surface area contributed by atoms with Gasteiger partial charge in [-0.15, -0.1) is 11.3 Å². The number of nitrogens with two attached hydrogens (primary N) is 2. The Morgan fingerprint density at radius 1 is 1.18 bits per heavy atom. The smallest absolute Gasteiger partial charge is 0.271 e. The van der Waals surface area contributed by atoms with Gasteiger partial charge in [0.25, 0.3) is 11.8 Å². The zero-order valence-corrected chi connectivity index (χ0v) is 22.6. The van der Waals surface area contributed by atoms with Gasteiger partial charge in [0.1, 0.15) is 16.7 Å². The fourth-order valence-corrected chi connectivity index (χ4v) is 5.66. The zero-order valence-electron chi connectivity index (χ0n) is 21.8. The third-order valence-electron chi connectivity index (χ3n) is 6.73. The number of fused-ring (bicyclic) bond motifs is 1. The van der Waals surface area contributed by atoms with Crippen LogP contribution in [0.5, 0.6) is 0 Å². The molecule has 3 amide bonds. The van der Waals surface area contributed by atoms with E-state index in [1.807, 2.05) is 42.5 Å². The number of rotatable bonds is 10. The lowest BCUT2D eigenvalue weighted by molar-refractivity contribution is -0.122. The van der Waals surface area contributed by atoms with E-state index in [0.717, 1.165) is 10.8 Å². The summed E-state index contributed by atoms with van der Waals surface area (Å²) in [6.07, 6.45) is 2.30. The van der Waals surface area contributed by atoms with Gasteiger partial charge in [-0.25, -0.2) is 4.98 Å². The summed E-state index contributed by atoms with van der Waals surface area (Å²) in [6.45, 7) is 0.909. The Labute approximate surface area is 230 Å². The van der Waals surface area contributed by atoms with Gasteiger partial charge in [0.2, 0.25) is 5.91 Å². The molecular formula is C27H34N8O3S. The summed E-state index contributed by atoms with van der Waals surface area (Å²) in [5, 5.41) is 19.6. The SMILES string of the molecule is CNC(=O)C(CCCCNC(=N)N)NC(=O)c1csc([C@@H]2C[C@@H](N)CN2C(=O)c2ccc3ccccc3c2)n1. The highest BCUT2D eigenvalue weighted by Gasteiger charge is 2.37. The van der Waals surface area contributed by atoms with Gasteiger partial charge in [-0.2, -0.15) is 0 Å². The molecule has 1 aliphatic heterocycles. The van der Waals surface area contributed by atoms with Crippen molar-refractivity contribution >= 4 is 45.8 Å². The Morgan fingerprint density at radius 2 is 1.95 bits per heavy atom. The molecule has 1 unspecified atom stereocenters. The Bertz CT molecular complexity index is 1360. The highest BCUT2D eigenvalue weighted by molar-refractivity contribution is 7.09. The number of carbonyl (C=O) groups is 3.